The maximum atomic E-state index is 11.2. The minimum atomic E-state index is -0.467. The van der Waals surface area contributed by atoms with E-state index in [0.29, 0.717) is 5.56 Å². The molecule has 0 aliphatic carbocycles. The first-order valence-corrected chi connectivity index (χ1v) is 4.57. The minimum Gasteiger partial charge on any atom is -0.508 e. The molecular formula is C11H14O4. The average Bonchev–Trinajstić information content (AvgIpc) is 2.19. The van der Waals surface area contributed by atoms with Gasteiger partial charge < -0.3 is 14.9 Å². The lowest BCUT2D eigenvalue weighted by Gasteiger charge is -2.13. The zero-order valence-corrected chi connectivity index (χ0v) is 8.94. The standard InChI is InChI=1S/C11H14O4/c1-6(7(2)12)9-4-8(13)5-10(15-3)11(9)14/h4-6,13-14H,1-3H3. The molecule has 0 fully saturated rings. The largest absolute Gasteiger partial charge is 0.508 e. The summed E-state index contributed by atoms with van der Waals surface area (Å²) in [5.41, 5.74) is 0.374. The molecule has 0 radical (unpaired) electrons. The molecule has 15 heavy (non-hydrogen) atoms. The highest BCUT2D eigenvalue weighted by molar-refractivity contribution is 5.84. The number of hydrogen-bond acceptors (Lipinski definition) is 4. The Labute approximate surface area is 88.1 Å². The van der Waals surface area contributed by atoms with Crippen molar-refractivity contribution in [3.8, 4) is 17.2 Å². The van der Waals surface area contributed by atoms with E-state index in [-0.39, 0.29) is 23.0 Å². The van der Waals surface area contributed by atoms with Crippen LogP contribution < -0.4 is 4.74 Å². The van der Waals surface area contributed by atoms with E-state index in [2.05, 4.69) is 0 Å². The van der Waals surface area contributed by atoms with Crippen LogP contribution in [0.25, 0.3) is 0 Å². The van der Waals surface area contributed by atoms with Crippen LogP contribution in [0.1, 0.15) is 25.3 Å². The summed E-state index contributed by atoms with van der Waals surface area (Å²) in [5, 5.41) is 19.1. The molecule has 0 saturated carbocycles. The molecule has 0 amide bonds. The maximum Gasteiger partial charge on any atom is 0.164 e. The second-order valence-electron chi connectivity index (χ2n) is 3.42. The quantitative estimate of drug-likeness (QED) is 0.746. The summed E-state index contributed by atoms with van der Waals surface area (Å²) < 4.78 is 4.88. The molecule has 2 N–H and O–H groups in total. The summed E-state index contributed by atoms with van der Waals surface area (Å²) in [6, 6.07) is 2.66. The van der Waals surface area contributed by atoms with Gasteiger partial charge in [0.05, 0.1) is 7.11 Å². The maximum absolute atomic E-state index is 11.2. The van der Waals surface area contributed by atoms with Crippen molar-refractivity contribution in [3.63, 3.8) is 0 Å². The number of rotatable bonds is 3. The number of carbonyl (C=O) groups is 1. The average molecular weight is 210 g/mol. The van der Waals surface area contributed by atoms with E-state index >= 15 is 0 Å². The number of aromatic hydroxyl groups is 2. The number of phenolic OH excluding ortho intramolecular Hbond substituents is 2. The van der Waals surface area contributed by atoms with Crippen LogP contribution in [0.15, 0.2) is 12.1 Å². The first-order chi connectivity index (χ1) is 6.97. The highest BCUT2D eigenvalue weighted by Crippen LogP contribution is 2.38. The summed E-state index contributed by atoms with van der Waals surface area (Å²) in [7, 11) is 1.39. The monoisotopic (exact) mass is 210 g/mol. The molecule has 0 aliphatic heterocycles. The summed E-state index contributed by atoms with van der Waals surface area (Å²) in [6.07, 6.45) is 0. The van der Waals surface area contributed by atoms with Crippen molar-refractivity contribution in [1.29, 1.82) is 0 Å². The Morgan fingerprint density at radius 1 is 1.40 bits per heavy atom. The molecule has 0 bridgehead atoms. The lowest BCUT2D eigenvalue weighted by molar-refractivity contribution is -0.118. The molecule has 1 aromatic rings. The molecule has 4 heteroatoms. The number of carbonyl (C=O) groups excluding carboxylic acids is 1. The second-order valence-corrected chi connectivity index (χ2v) is 3.42. The highest BCUT2D eigenvalue weighted by Gasteiger charge is 2.18. The normalized spacial score (nSPS) is 12.2. The Balaban J connectivity index is 3.28. The van der Waals surface area contributed by atoms with E-state index in [1.165, 1.54) is 26.2 Å². The topological polar surface area (TPSA) is 66.8 Å². The van der Waals surface area contributed by atoms with Crippen molar-refractivity contribution >= 4 is 5.78 Å². The number of Topliss-reactive ketones (excluding diaryl/α,β-unsaturated/α-hetero) is 1. The molecule has 0 heterocycles. The van der Waals surface area contributed by atoms with Gasteiger partial charge in [-0.2, -0.15) is 0 Å². The Morgan fingerprint density at radius 3 is 2.47 bits per heavy atom. The number of hydrogen-bond donors (Lipinski definition) is 2. The molecule has 0 aromatic heterocycles. The van der Waals surface area contributed by atoms with Gasteiger partial charge in [-0.3, -0.25) is 4.79 Å². The van der Waals surface area contributed by atoms with E-state index < -0.39 is 5.92 Å². The molecule has 0 aliphatic rings. The smallest absolute Gasteiger partial charge is 0.164 e. The lowest BCUT2D eigenvalue weighted by atomic mass is 9.96. The number of methoxy groups -OCH3 is 1. The van der Waals surface area contributed by atoms with Gasteiger partial charge in [0.25, 0.3) is 0 Å². The number of ether oxygens (including phenoxy) is 1. The van der Waals surface area contributed by atoms with E-state index in [4.69, 9.17) is 4.74 Å². The van der Waals surface area contributed by atoms with Gasteiger partial charge in [0.15, 0.2) is 11.5 Å². The van der Waals surface area contributed by atoms with Crippen molar-refractivity contribution < 1.29 is 19.7 Å². The first-order valence-electron chi connectivity index (χ1n) is 4.57. The van der Waals surface area contributed by atoms with Crippen molar-refractivity contribution in [2.75, 3.05) is 7.11 Å². The van der Waals surface area contributed by atoms with Crippen LogP contribution in [-0.2, 0) is 4.79 Å². The van der Waals surface area contributed by atoms with Crippen molar-refractivity contribution in [2.45, 2.75) is 19.8 Å². The number of phenols is 2. The Hall–Kier alpha value is -1.71. The van der Waals surface area contributed by atoms with Crippen LogP contribution >= 0.6 is 0 Å². The molecular weight excluding hydrogens is 196 g/mol. The van der Waals surface area contributed by atoms with Crippen LogP contribution in [0.2, 0.25) is 0 Å². The van der Waals surface area contributed by atoms with Crippen LogP contribution in [-0.4, -0.2) is 23.1 Å². The summed E-state index contributed by atoms with van der Waals surface area (Å²) in [6.45, 7) is 3.09. The molecule has 1 rings (SSSR count). The third-order valence-electron chi connectivity index (χ3n) is 2.39. The molecule has 4 nitrogen and oxygen atoms in total. The van der Waals surface area contributed by atoms with E-state index in [1.54, 1.807) is 6.92 Å². The lowest BCUT2D eigenvalue weighted by Crippen LogP contribution is -2.05. The SMILES string of the molecule is COc1cc(O)cc(C(C)C(C)=O)c1O. The Morgan fingerprint density at radius 2 is 2.00 bits per heavy atom. The van der Waals surface area contributed by atoms with Crippen LogP contribution in [0.3, 0.4) is 0 Å². The molecule has 0 saturated heterocycles. The first kappa shape index (κ1) is 11.4. The molecule has 1 atom stereocenters. The number of benzene rings is 1. The zero-order chi connectivity index (χ0) is 11.6. The molecule has 1 aromatic carbocycles. The summed E-state index contributed by atoms with van der Waals surface area (Å²) >= 11 is 0. The fraction of sp³-hybridized carbons (Fsp3) is 0.364. The van der Waals surface area contributed by atoms with Crippen molar-refractivity contribution in [3.05, 3.63) is 17.7 Å². The molecule has 82 valence electrons. The van der Waals surface area contributed by atoms with E-state index in [9.17, 15) is 15.0 Å². The van der Waals surface area contributed by atoms with Gasteiger partial charge in [0.2, 0.25) is 0 Å². The van der Waals surface area contributed by atoms with Gasteiger partial charge in [0, 0.05) is 17.5 Å². The highest BCUT2D eigenvalue weighted by atomic mass is 16.5. The Kier molecular flexibility index (Phi) is 3.19. The van der Waals surface area contributed by atoms with Gasteiger partial charge in [-0.1, -0.05) is 6.92 Å². The van der Waals surface area contributed by atoms with Gasteiger partial charge in [-0.05, 0) is 13.0 Å². The van der Waals surface area contributed by atoms with Crippen molar-refractivity contribution in [1.82, 2.24) is 0 Å². The van der Waals surface area contributed by atoms with Crippen LogP contribution in [0, 0.1) is 0 Å². The van der Waals surface area contributed by atoms with E-state index in [0.717, 1.165) is 0 Å². The van der Waals surface area contributed by atoms with Gasteiger partial charge >= 0.3 is 0 Å². The van der Waals surface area contributed by atoms with Crippen molar-refractivity contribution in [2.24, 2.45) is 0 Å². The second kappa shape index (κ2) is 4.21. The predicted octanol–water partition coefficient (Wildman–Crippen LogP) is 1.80. The zero-order valence-electron chi connectivity index (χ0n) is 8.94. The Bertz CT molecular complexity index is 384. The van der Waals surface area contributed by atoms with Gasteiger partial charge in [0.1, 0.15) is 11.5 Å². The fourth-order valence-corrected chi connectivity index (χ4v) is 1.32. The summed E-state index contributed by atoms with van der Waals surface area (Å²) in [5.74, 6) is -0.521. The number of ketones is 1. The molecule has 1 unspecified atom stereocenters. The minimum absolute atomic E-state index is 0.0345. The predicted molar refractivity (Wildman–Crippen MR) is 55.4 cm³/mol. The van der Waals surface area contributed by atoms with Gasteiger partial charge in [-0.25, -0.2) is 0 Å². The van der Waals surface area contributed by atoms with Crippen LogP contribution in [0.5, 0.6) is 17.2 Å². The van der Waals surface area contributed by atoms with Crippen LogP contribution in [0.4, 0.5) is 0 Å². The molecule has 0 spiro atoms. The third kappa shape index (κ3) is 2.21. The summed E-state index contributed by atoms with van der Waals surface area (Å²) in [4.78, 5) is 11.2. The van der Waals surface area contributed by atoms with Gasteiger partial charge in [-0.15, -0.1) is 0 Å². The van der Waals surface area contributed by atoms with E-state index in [1.807, 2.05) is 0 Å². The third-order valence-corrected chi connectivity index (χ3v) is 2.39. The fourth-order valence-electron chi connectivity index (χ4n) is 1.32.